The molecule has 0 aromatic heterocycles. The van der Waals surface area contributed by atoms with Crippen LogP contribution in [0.3, 0.4) is 0 Å². The molecule has 2 atom stereocenters. The molecular weight excluding hydrogens is 252 g/mol. The molecule has 1 N–H and O–H groups in total. The molecule has 0 saturated heterocycles. The van der Waals surface area contributed by atoms with Gasteiger partial charge in [-0.05, 0) is 0 Å². The maximum Gasteiger partial charge on any atom is 0.319 e. The van der Waals surface area contributed by atoms with E-state index in [1.807, 2.05) is 0 Å². The number of carboxylic acid groups (broad SMARTS) is 1. The molecular formula is C12H22N2O5. The quantitative estimate of drug-likeness (QED) is 0.713. The van der Waals surface area contributed by atoms with Crippen LogP contribution in [0.2, 0.25) is 0 Å². The Hall–Kier alpha value is -1.79. The molecule has 0 heterocycles. The highest BCUT2D eigenvalue weighted by Gasteiger charge is 2.23. The Labute approximate surface area is 113 Å². The SMILES string of the molecule is COC(=O)C(C)CN(C)C(=O)N(C)CC(C)C(=O)O. The second kappa shape index (κ2) is 7.60. The largest absolute Gasteiger partial charge is 0.481 e. The standard InChI is InChI=1S/C12H22N2O5/c1-8(10(15)16)6-13(3)12(18)14(4)7-9(2)11(17)19-5/h8-9H,6-7H2,1-5H3,(H,15,16). The first-order valence-corrected chi connectivity index (χ1v) is 5.97. The summed E-state index contributed by atoms with van der Waals surface area (Å²) in [5, 5.41) is 8.79. The molecule has 0 bridgehead atoms. The Morgan fingerprint density at radius 1 is 1.05 bits per heavy atom. The molecule has 0 fully saturated rings. The zero-order valence-corrected chi connectivity index (χ0v) is 12.0. The second-order valence-corrected chi connectivity index (χ2v) is 4.71. The normalized spacial score (nSPS) is 13.3. The lowest BCUT2D eigenvalue weighted by Gasteiger charge is -2.27. The fourth-order valence-corrected chi connectivity index (χ4v) is 1.62. The zero-order chi connectivity index (χ0) is 15.2. The van der Waals surface area contributed by atoms with E-state index in [1.165, 1.54) is 30.9 Å². The molecule has 0 spiro atoms. The van der Waals surface area contributed by atoms with Crippen LogP contribution in [0.1, 0.15) is 13.8 Å². The highest BCUT2D eigenvalue weighted by molar-refractivity contribution is 5.77. The molecule has 0 rings (SSSR count). The molecule has 7 nitrogen and oxygen atoms in total. The van der Waals surface area contributed by atoms with Crippen LogP contribution in [-0.2, 0) is 14.3 Å². The van der Waals surface area contributed by atoms with Crippen molar-refractivity contribution in [2.75, 3.05) is 34.3 Å². The highest BCUT2D eigenvalue weighted by Crippen LogP contribution is 2.05. The molecule has 19 heavy (non-hydrogen) atoms. The molecule has 0 aromatic carbocycles. The van der Waals surface area contributed by atoms with E-state index in [0.717, 1.165) is 0 Å². The van der Waals surface area contributed by atoms with Crippen LogP contribution in [0.25, 0.3) is 0 Å². The molecule has 0 aliphatic rings. The van der Waals surface area contributed by atoms with Gasteiger partial charge in [0.1, 0.15) is 0 Å². The summed E-state index contributed by atoms with van der Waals surface area (Å²) in [6.07, 6.45) is 0. The number of hydrogen-bond acceptors (Lipinski definition) is 4. The summed E-state index contributed by atoms with van der Waals surface area (Å²) in [5.74, 6) is -2.41. The molecule has 110 valence electrons. The molecule has 2 amide bonds. The summed E-state index contributed by atoms with van der Waals surface area (Å²) in [7, 11) is 4.38. The first-order valence-electron chi connectivity index (χ1n) is 5.97. The number of methoxy groups -OCH3 is 1. The van der Waals surface area contributed by atoms with E-state index in [1.54, 1.807) is 14.0 Å². The number of ether oxygens (including phenoxy) is 1. The van der Waals surface area contributed by atoms with Crippen LogP contribution in [0, 0.1) is 11.8 Å². The number of rotatable bonds is 6. The zero-order valence-electron chi connectivity index (χ0n) is 12.0. The molecule has 0 radical (unpaired) electrons. The van der Waals surface area contributed by atoms with Gasteiger partial charge in [-0.3, -0.25) is 9.59 Å². The Morgan fingerprint density at radius 3 is 1.84 bits per heavy atom. The summed E-state index contributed by atoms with van der Waals surface area (Å²) in [6.45, 7) is 3.53. The van der Waals surface area contributed by atoms with E-state index in [9.17, 15) is 14.4 Å². The van der Waals surface area contributed by atoms with Crippen molar-refractivity contribution in [2.45, 2.75) is 13.8 Å². The van der Waals surface area contributed by atoms with Crippen molar-refractivity contribution < 1.29 is 24.2 Å². The van der Waals surface area contributed by atoms with Gasteiger partial charge < -0.3 is 19.6 Å². The van der Waals surface area contributed by atoms with Crippen molar-refractivity contribution in [3.05, 3.63) is 0 Å². The third-order valence-corrected chi connectivity index (χ3v) is 2.77. The van der Waals surface area contributed by atoms with E-state index in [0.29, 0.717) is 0 Å². The Bertz CT molecular complexity index is 345. The van der Waals surface area contributed by atoms with Gasteiger partial charge in [0.05, 0.1) is 18.9 Å². The molecule has 0 aliphatic carbocycles. The predicted octanol–water partition coefficient (Wildman–Crippen LogP) is 0.500. The second-order valence-electron chi connectivity index (χ2n) is 4.71. The topological polar surface area (TPSA) is 87.2 Å². The molecule has 0 saturated carbocycles. The lowest BCUT2D eigenvalue weighted by molar-refractivity contribution is -0.145. The van der Waals surface area contributed by atoms with Crippen LogP contribution in [0.4, 0.5) is 4.79 Å². The highest BCUT2D eigenvalue weighted by atomic mass is 16.5. The molecule has 7 heteroatoms. The maximum atomic E-state index is 12.0. The smallest absolute Gasteiger partial charge is 0.319 e. The molecule has 0 aliphatic heterocycles. The van der Waals surface area contributed by atoms with E-state index in [2.05, 4.69) is 4.74 Å². The maximum absolute atomic E-state index is 12.0. The van der Waals surface area contributed by atoms with Gasteiger partial charge in [0.15, 0.2) is 0 Å². The fraction of sp³-hybridized carbons (Fsp3) is 0.750. The lowest BCUT2D eigenvalue weighted by Crippen LogP contribution is -2.44. The summed E-state index contributed by atoms with van der Waals surface area (Å²) in [4.78, 5) is 36.6. The van der Waals surface area contributed by atoms with Crippen molar-refractivity contribution >= 4 is 18.0 Å². The average Bonchev–Trinajstić information content (AvgIpc) is 2.35. The number of aliphatic carboxylic acids is 1. The fourth-order valence-electron chi connectivity index (χ4n) is 1.62. The van der Waals surface area contributed by atoms with Gasteiger partial charge in [0.25, 0.3) is 0 Å². The first kappa shape index (κ1) is 17.2. The Balaban J connectivity index is 4.40. The minimum absolute atomic E-state index is 0.116. The van der Waals surface area contributed by atoms with Gasteiger partial charge in [0.2, 0.25) is 0 Å². The van der Waals surface area contributed by atoms with Crippen molar-refractivity contribution in [3.8, 4) is 0 Å². The number of carbonyl (C=O) groups excluding carboxylic acids is 2. The van der Waals surface area contributed by atoms with Crippen molar-refractivity contribution in [3.63, 3.8) is 0 Å². The third kappa shape index (κ3) is 5.58. The summed E-state index contributed by atoms with van der Waals surface area (Å²) < 4.78 is 4.58. The van der Waals surface area contributed by atoms with Crippen LogP contribution < -0.4 is 0 Å². The Kier molecular flexibility index (Phi) is 6.89. The van der Waals surface area contributed by atoms with Crippen LogP contribution in [0.5, 0.6) is 0 Å². The predicted molar refractivity (Wildman–Crippen MR) is 68.6 cm³/mol. The van der Waals surface area contributed by atoms with E-state index >= 15 is 0 Å². The lowest BCUT2D eigenvalue weighted by atomic mass is 10.1. The third-order valence-electron chi connectivity index (χ3n) is 2.77. The van der Waals surface area contributed by atoms with Gasteiger partial charge in [-0.1, -0.05) is 13.8 Å². The average molecular weight is 274 g/mol. The number of nitrogens with zero attached hydrogens (tertiary/aromatic N) is 2. The van der Waals surface area contributed by atoms with Crippen molar-refractivity contribution in [1.82, 2.24) is 9.80 Å². The van der Waals surface area contributed by atoms with Crippen molar-refractivity contribution in [2.24, 2.45) is 11.8 Å². The summed E-state index contributed by atoms with van der Waals surface area (Å²) >= 11 is 0. The van der Waals surface area contributed by atoms with E-state index in [-0.39, 0.29) is 25.1 Å². The van der Waals surface area contributed by atoms with E-state index in [4.69, 9.17) is 5.11 Å². The number of carbonyl (C=O) groups is 3. The molecule has 2 unspecified atom stereocenters. The Morgan fingerprint density at radius 2 is 1.47 bits per heavy atom. The monoisotopic (exact) mass is 274 g/mol. The van der Waals surface area contributed by atoms with E-state index < -0.39 is 17.8 Å². The van der Waals surface area contributed by atoms with Gasteiger partial charge in [-0.2, -0.15) is 0 Å². The van der Waals surface area contributed by atoms with Gasteiger partial charge >= 0.3 is 18.0 Å². The van der Waals surface area contributed by atoms with Gasteiger partial charge in [0, 0.05) is 27.2 Å². The number of urea groups is 1. The number of hydrogen-bond donors (Lipinski definition) is 1. The van der Waals surface area contributed by atoms with Gasteiger partial charge in [-0.25, -0.2) is 4.79 Å². The summed E-state index contributed by atoms with van der Waals surface area (Å²) in [5.41, 5.74) is 0. The van der Waals surface area contributed by atoms with Crippen molar-refractivity contribution in [1.29, 1.82) is 0 Å². The molecule has 0 aromatic rings. The van der Waals surface area contributed by atoms with Crippen LogP contribution in [-0.4, -0.2) is 67.2 Å². The number of esters is 1. The van der Waals surface area contributed by atoms with Gasteiger partial charge in [-0.15, -0.1) is 0 Å². The van der Waals surface area contributed by atoms with Crippen LogP contribution >= 0.6 is 0 Å². The summed E-state index contributed by atoms with van der Waals surface area (Å²) in [6, 6.07) is -0.330. The number of amides is 2. The number of carboxylic acids is 1. The van der Waals surface area contributed by atoms with Crippen LogP contribution in [0.15, 0.2) is 0 Å². The minimum atomic E-state index is -0.953. The first-order chi connectivity index (χ1) is 8.70. The minimum Gasteiger partial charge on any atom is -0.481 e.